The van der Waals surface area contributed by atoms with E-state index in [-0.39, 0.29) is 5.97 Å². The van der Waals surface area contributed by atoms with E-state index in [1.807, 2.05) is 12.1 Å². The van der Waals surface area contributed by atoms with Gasteiger partial charge in [-0.15, -0.1) is 0 Å². The fraction of sp³-hybridized carbons (Fsp3) is 0.533. The van der Waals surface area contributed by atoms with Gasteiger partial charge in [-0.05, 0) is 25.5 Å². The monoisotopic (exact) mass is 278 g/mol. The van der Waals surface area contributed by atoms with Gasteiger partial charge < -0.3 is 20.1 Å². The lowest BCUT2D eigenvalue weighted by molar-refractivity contribution is 0.0527. The molecule has 0 aliphatic carbocycles. The van der Waals surface area contributed by atoms with Crippen molar-refractivity contribution in [2.45, 2.75) is 13.3 Å². The second kappa shape index (κ2) is 6.61. The van der Waals surface area contributed by atoms with Crippen LogP contribution in [0.1, 0.15) is 23.7 Å². The second-order valence-electron chi connectivity index (χ2n) is 5.01. The summed E-state index contributed by atoms with van der Waals surface area (Å²) < 4.78 is 10.2. The summed E-state index contributed by atoms with van der Waals surface area (Å²) in [7, 11) is 1.72. The summed E-state index contributed by atoms with van der Waals surface area (Å²) in [6.07, 6.45) is 1.08. The van der Waals surface area contributed by atoms with E-state index in [4.69, 9.17) is 15.2 Å². The van der Waals surface area contributed by atoms with Gasteiger partial charge in [-0.1, -0.05) is 6.07 Å². The number of hydrogen-bond donors (Lipinski definition) is 1. The third-order valence-corrected chi connectivity index (χ3v) is 3.61. The second-order valence-corrected chi connectivity index (χ2v) is 5.01. The van der Waals surface area contributed by atoms with Gasteiger partial charge in [0.05, 0.1) is 30.2 Å². The van der Waals surface area contributed by atoms with Crippen molar-refractivity contribution in [1.82, 2.24) is 0 Å². The average molecular weight is 278 g/mol. The van der Waals surface area contributed by atoms with E-state index in [0.29, 0.717) is 23.8 Å². The van der Waals surface area contributed by atoms with Crippen LogP contribution >= 0.6 is 0 Å². The highest BCUT2D eigenvalue weighted by Crippen LogP contribution is 2.31. The highest BCUT2D eigenvalue weighted by molar-refractivity contribution is 5.98. The van der Waals surface area contributed by atoms with Crippen molar-refractivity contribution < 1.29 is 14.3 Å². The first-order valence-electron chi connectivity index (χ1n) is 6.96. The summed E-state index contributed by atoms with van der Waals surface area (Å²) in [6.45, 7) is 4.73. The number of carbonyl (C=O) groups excluding carboxylic acids is 1. The largest absolute Gasteiger partial charge is 0.462 e. The molecule has 5 nitrogen and oxygen atoms in total. The molecule has 1 aliphatic rings. The van der Waals surface area contributed by atoms with E-state index >= 15 is 0 Å². The molecule has 20 heavy (non-hydrogen) atoms. The minimum atomic E-state index is -0.362. The normalized spacial score (nSPS) is 18.3. The van der Waals surface area contributed by atoms with Crippen molar-refractivity contribution >= 4 is 17.3 Å². The van der Waals surface area contributed by atoms with Crippen LogP contribution in [-0.2, 0) is 9.47 Å². The van der Waals surface area contributed by atoms with Crippen LogP contribution in [0.3, 0.4) is 0 Å². The number of nitrogens with two attached hydrogens (primary N) is 1. The van der Waals surface area contributed by atoms with Crippen molar-refractivity contribution in [3.05, 3.63) is 23.8 Å². The Morgan fingerprint density at radius 1 is 1.50 bits per heavy atom. The Labute approximate surface area is 119 Å². The maximum Gasteiger partial charge on any atom is 0.340 e. The van der Waals surface area contributed by atoms with Crippen LogP contribution in [-0.4, -0.2) is 39.4 Å². The summed E-state index contributed by atoms with van der Waals surface area (Å²) in [4.78, 5) is 14.1. The first-order chi connectivity index (χ1) is 9.67. The molecule has 2 rings (SSSR count). The lowest BCUT2D eigenvalue weighted by Crippen LogP contribution is -2.23. The van der Waals surface area contributed by atoms with Gasteiger partial charge in [0.25, 0.3) is 0 Å². The Balaban J connectivity index is 2.17. The standard InChI is InChI=1S/C15H22N2O3/c1-3-20-15(18)12-5-4-6-13(14(12)16)17-8-7-11(9-17)10-19-2/h4-6,11H,3,7-10,16H2,1-2H3. The van der Waals surface area contributed by atoms with Gasteiger partial charge in [0.2, 0.25) is 0 Å². The Bertz CT molecular complexity index is 476. The molecule has 1 fully saturated rings. The SMILES string of the molecule is CCOC(=O)c1cccc(N2CCC(COC)C2)c1N. The molecular weight excluding hydrogens is 256 g/mol. The summed E-state index contributed by atoms with van der Waals surface area (Å²) in [5.74, 6) is 0.158. The summed E-state index contributed by atoms with van der Waals surface area (Å²) in [5, 5.41) is 0. The van der Waals surface area contributed by atoms with Gasteiger partial charge in [-0.2, -0.15) is 0 Å². The molecule has 0 spiro atoms. The number of nitrogens with zero attached hydrogens (tertiary/aromatic N) is 1. The first kappa shape index (κ1) is 14.7. The number of carbonyl (C=O) groups is 1. The van der Waals surface area contributed by atoms with Gasteiger partial charge in [-0.25, -0.2) is 4.79 Å². The molecule has 0 amide bonds. The molecule has 1 saturated heterocycles. The zero-order valence-corrected chi connectivity index (χ0v) is 12.1. The van der Waals surface area contributed by atoms with E-state index < -0.39 is 0 Å². The van der Waals surface area contributed by atoms with Crippen LogP contribution in [0.4, 0.5) is 11.4 Å². The number of benzene rings is 1. The van der Waals surface area contributed by atoms with Crippen LogP contribution < -0.4 is 10.6 Å². The number of methoxy groups -OCH3 is 1. The highest BCUT2D eigenvalue weighted by Gasteiger charge is 2.25. The Hall–Kier alpha value is -1.75. The summed E-state index contributed by atoms with van der Waals surface area (Å²) in [6, 6.07) is 5.51. The molecule has 1 aromatic rings. The topological polar surface area (TPSA) is 64.8 Å². The lowest BCUT2D eigenvalue weighted by atomic mass is 10.1. The molecule has 1 unspecified atom stereocenters. The molecule has 0 bridgehead atoms. The van der Waals surface area contributed by atoms with Crippen LogP contribution in [0.15, 0.2) is 18.2 Å². The Morgan fingerprint density at radius 3 is 3.00 bits per heavy atom. The predicted molar refractivity (Wildman–Crippen MR) is 79.0 cm³/mol. The van der Waals surface area contributed by atoms with Crippen molar-refractivity contribution in [2.24, 2.45) is 5.92 Å². The molecule has 1 aliphatic heterocycles. The van der Waals surface area contributed by atoms with E-state index in [0.717, 1.165) is 31.8 Å². The number of nitrogen functional groups attached to an aromatic ring is 1. The predicted octanol–water partition coefficient (Wildman–Crippen LogP) is 1.92. The van der Waals surface area contributed by atoms with Crippen molar-refractivity contribution in [1.29, 1.82) is 0 Å². The maximum atomic E-state index is 11.9. The highest BCUT2D eigenvalue weighted by atomic mass is 16.5. The van der Waals surface area contributed by atoms with Crippen LogP contribution in [0.5, 0.6) is 0 Å². The molecule has 0 aromatic heterocycles. The molecule has 110 valence electrons. The smallest absolute Gasteiger partial charge is 0.340 e. The average Bonchev–Trinajstić information content (AvgIpc) is 2.88. The van der Waals surface area contributed by atoms with Gasteiger partial charge in [-0.3, -0.25) is 0 Å². The molecule has 1 heterocycles. The lowest BCUT2D eigenvalue weighted by Gasteiger charge is -2.21. The third-order valence-electron chi connectivity index (χ3n) is 3.61. The zero-order chi connectivity index (χ0) is 14.5. The minimum absolute atomic E-state index is 0.349. The van der Waals surface area contributed by atoms with E-state index in [2.05, 4.69) is 4.90 Å². The fourth-order valence-corrected chi connectivity index (χ4v) is 2.64. The van der Waals surface area contributed by atoms with Crippen LogP contribution in [0.25, 0.3) is 0 Å². The molecule has 0 radical (unpaired) electrons. The van der Waals surface area contributed by atoms with Crippen LogP contribution in [0.2, 0.25) is 0 Å². The summed E-state index contributed by atoms with van der Waals surface area (Å²) in [5.41, 5.74) is 8.00. The minimum Gasteiger partial charge on any atom is -0.462 e. The number of ether oxygens (including phenoxy) is 2. The fourth-order valence-electron chi connectivity index (χ4n) is 2.64. The summed E-state index contributed by atoms with van der Waals surface area (Å²) >= 11 is 0. The molecule has 0 saturated carbocycles. The van der Waals surface area contributed by atoms with E-state index in [1.165, 1.54) is 0 Å². The number of esters is 1. The van der Waals surface area contributed by atoms with Gasteiger partial charge >= 0.3 is 5.97 Å². The third kappa shape index (κ3) is 3.04. The maximum absolute atomic E-state index is 11.9. The Kier molecular flexibility index (Phi) is 4.84. The molecular formula is C15H22N2O3. The number of anilines is 2. The molecule has 5 heteroatoms. The molecule has 1 aromatic carbocycles. The van der Waals surface area contributed by atoms with Crippen molar-refractivity contribution in [3.63, 3.8) is 0 Å². The molecule has 2 N–H and O–H groups in total. The van der Waals surface area contributed by atoms with Gasteiger partial charge in [0.1, 0.15) is 0 Å². The molecule has 1 atom stereocenters. The van der Waals surface area contributed by atoms with Gasteiger partial charge in [0.15, 0.2) is 0 Å². The van der Waals surface area contributed by atoms with Crippen molar-refractivity contribution in [2.75, 3.05) is 44.0 Å². The van der Waals surface area contributed by atoms with E-state index in [1.54, 1.807) is 20.1 Å². The van der Waals surface area contributed by atoms with Gasteiger partial charge in [0, 0.05) is 26.1 Å². The number of para-hydroxylation sites is 1. The zero-order valence-electron chi connectivity index (χ0n) is 12.1. The van der Waals surface area contributed by atoms with Crippen molar-refractivity contribution in [3.8, 4) is 0 Å². The quantitative estimate of drug-likeness (QED) is 0.658. The Morgan fingerprint density at radius 2 is 2.30 bits per heavy atom. The van der Waals surface area contributed by atoms with Crippen LogP contribution in [0, 0.1) is 5.92 Å². The number of rotatable bonds is 5. The van der Waals surface area contributed by atoms with E-state index in [9.17, 15) is 4.79 Å². The first-order valence-corrected chi connectivity index (χ1v) is 6.96. The number of hydrogen-bond acceptors (Lipinski definition) is 5.